The average Bonchev–Trinajstić information content (AvgIpc) is 2.94. The van der Waals surface area contributed by atoms with Crippen LogP contribution < -0.4 is 10.4 Å². The van der Waals surface area contributed by atoms with E-state index in [9.17, 15) is 4.79 Å². The van der Waals surface area contributed by atoms with E-state index in [-0.39, 0.29) is 12.3 Å². The maximum Gasteiger partial charge on any atom is 0.368 e. The van der Waals surface area contributed by atoms with Crippen LogP contribution >= 0.6 is 23.2 Å². The number of halogens is 2. The summed E-state index contributed by atoms with van der Waals surface area (Å²) in [5.41, 5.74) is 2.21. The van der Waals surface area contributed by atoms with Gasteiger partial charge in [-0.3, -0.25) is 0 Å². The molecule has 0 aliphatic carbocycles. The number of ether oxygens (including phenoxy) is 1. The van der Waals surface area contributed by atoms with E-state index in [4.69, 9.17) is 27.9 Å². The lowest BCUT2D eigenvalue weighted by molar-refractivity contribution is 0.304. The van der Waals surface area contributed by atoms with Crippen LogP contribution in [0.4, 0.5) is 0 Å². The van der Waals surface area contributed by atoms with Gasteiger partial charge in [0.25, 0.3) is 0 Å². The van der Waals surface area contributed by atoms with Crippen molar-refractivity contribution in [2.45, 2.75) is 20.0 Å². The van der Waals surface area contributed by atoms with Crippen molar-refractivity contribution < 1.29 is 4.74 Å². The summed E-state index contributed by atoms with van der Waals surface area (Å²) >= 11 is 12.2. The Balaban J connectivity index is 2.01. The predicted molar refractivity (Wildman–Crippen MR) is 96.8 cm³/mol. The lowest BCUT2D eigenvalue weighted by atomic mass is 10.0. The minimum atomic E-state index is -0.324. The second-order valence-corrected chi connectivity index (χ2v) is 6.27. The first kappa shape index (κ1) is 17.5. The molecule has 0 N–H and O–H groups in total. The summed E-state index contributed by atoms with van der Waals surface area (Å²) in [7, 11) is 1.55. The van der Waals surface area contributed by atoms with Crippen LogP contribution in [0.2, 0.25) is 10.0 Å². The summed E-state index contributed by atoms with van der Waals surface area (Å²) in [6, 6.07) is 10.7. The fourth-order valence-corrected chi connectivity index (χ4v) is 2.85. The third-order valence-corrected chi connectivity index (χ3v) is 4.39. The van der Waals surface area contributed by atoms with Crippen molar-refractivity contribution in [3.8, 4) is 11.4 Å². The Morgan fingerprint density at radius 1 is 1.16 bits per heavy atom. The summed E-state index contributed by atoms with van der Waals surface area (Å²) in [4.78, 5) is 12.2. The Bertz CT molecular complexity index is 966. The summed E-state index contributed by atoms with van der Waals surface area (Å²) in [5, 5.41) is 8.70. The smallest absolute Gasteiger partial charge is 0.368 e. The van der Waals surface area contributed by atoms with Gasteiger partial charge >= 0.3 is 5.69 Å². The highest BCUT2D eigenvalue weighted by Gasteiger charge is 2.15. The van der Waals surface area contributed by atoms with Gasteiger partial charge in [-0.1, -0.05) is 42.3 Å². The van der Waals surface area contributed by atoms with Gasteiger partial charge in [0.15, 0.2) is 0 Å². The zero-order chi connectivity index (χ0) is 18.0. The maximum atomic E-state index is 12.2. The molecule has 1 heterocycles. The molecule has 0 aliphatic heterocycles. The molecule has 0 bridgehead atoms. The molecule has 8 heteroatoms. The second-order valence-electron chi connectivity index (χ2n) is 5.43. The molecule has 0 amide bonds. The molecule has 6 nitrogen and oxygen atoms in total. The third-order valence-electron chi connectivity index (χ3n) is 3.84. The molecule has 0 atom stereocenters. The molecular formula is C17H16Cl2N4O2. The van der Waals surface area contributed by atoms with Crippen molar-refractivity contribution in [3.63, 3.8) is 0 Å². The van der Waals surface area contributed by atoms with Crippen LogP contribution in [0.3, 0.4) is 0 Å². The molecule has 1 aromatic heterocycles. The molecule has 130 valence electrons. The van der Waals surface area contributed by atoms with Gasteiger partial charge < -0.3 is 4.74 Å². The van der Waals surface area contributed by atoms with Gasteiger partial charge in [0.2, 0.25) is 0 Å². The zero-order valence-corrected chi connectivity index (χ0v) is 15.3. The Morgan fingerprint density at radius 3 is 2.64 bits per heavy atom. The molecule has 0 fully saturated rings. The first-order chi connectivity index (χ1) is 12.0. The van der Waals surface area contributed by atoms with Crippen molar-refractivity contribution in [3.05, 3.63) is 68.1 Å². The molecule has 3 rings (SSSR count). The van der Waals surface area contributed by atoms with Crippen LogP contribution in [0.1, 0.15) is 18.1 Å². The maximum absolute atomic E-state index is 12.2. The molecule has 0 radical (unpaired) electrons. The molecule has 0 unspecified atom stereocenters. The fraction of sp³-hybridized carbons (Fsp3) is 0.235. The first-order valence-corrected chi connectivity index (χ1v) is 8.45. The van der Waals surface area contributed by atoms with Crippen LogP contribution in [-0.4, -0.2) is 19.8 Å². The molecule has 25 heavy (non-hydrogen) atoms. The number of aryl methyl sites for hydroxylation is 2. The van der Waals surface area contributed by atoms with Crippen LogP contribution in [0, 0.1) is 0 Å². The number of benzene rings is 2. The highest BCUT2D eigenvalue weighted by Crippen LogP contribution is 2.29. The summed E-state index contributed by atoms with van der Waals surface area (Å²) in [6.07, 6.45) is 0.783. The highest BCUT2D eigenvalue weighted by atomic mass is 35.5. The monoisotopic (exact) mass is 378 g/mol. The van der Waals surface area contributed by atoms with E-state index in [1.54, 1.807) is 25.2 Å². The molecule has 3 aromatic rings. The number of tetrazole rings is 1. The summed E-state index contributed by atoms with van der Waals surface area (Å²) in [5.74, 6) is 0.484. The predicted octanol–water partition coefficient (Wildman–Crippen LogP) is 3.41. The van der Waals surface area contributed by atoms with E-state index in [0.29, 0.717) is 21.5 Å². The van der Waals surface area contributed by atoms with Crippen LogP contribution in [0.25, 0.3) is 5.69 Å². The second kappa shape index (κ2) is 7.29. The Morgan fingerprint density at radius 2 is 1.96 bits per heavy atom. The summed E-state index contributed by atoms with van der Waals surface area (Å²) < 4.78 is 8.31. The number of aromatic nitrogens is 4. The van der Waals surface area contributed by atoms with Crippen molar-refractivity contribution in [2.75, 3.05) is 0 Å². The quantitative estimate of drug-likeness (QED) is 0.682. The van der Waals surface area contributed by atoms with Gasteiger partial charge in [-0.2, -0.15) is 9.36 Å². The van der Waals surface area contributed by atoms with E-state index in [0.717, 1.165) is 17.5 Å². The molecule has 0 saturated heterocycles. The standard InChI is InChI=1S/C17H16Cl2N4O2/c1-3-11-5-4-6-15(23-17(24)22(2)20-21-23)13(11)10-25-16-9-12(18)7-8-14(16)19/h4-9H,3,10H2,1-2H3. The van der Waals surface area contributed by atoms with Gasteiger partial charge in [-0.05, 0) is 40.6 Å². The number of rotatable bonds is 5. The van der Waals surface area contributed by atoms with Gasteiger partial charge in [-0.25, -0.2) is 4.79 Å². The minimum Gasteiger partial charge on any atom is -0.487 e. The van der Waals surface area contributed by atoms with Crippen molar-refractivity contribution in [1.82, 2.24) is 19.8 Å². The molecule has 0 aliphatic rings. The van der Waals surface area contributed by atoms with Gasteiger partial charge in [0.05, 0.1) is 10.7 Å². The summed E-state index contributed by atoms with van der Waals surface area (Å²) in [6.45, 7) is 2.26. The van der Waals surface area contributed by atoms with E-state index in [1.807, 2.05) is 25.1 Å². The first-order valence-electron chi connectivity index (χ1n) is 7.69. The minimum absolute atomic E-state index is 0.225. The van der Waals surface area contributed by atoms with E-state index in [1.165, 1.54) is 9.36 Å². The topological polar surface area (TPSA) is 61.9 Å². The molecular weight excluding hydrogens is 363 g/mol. The van der Waals surface area contributed by atoms with Crippen LogP contribution in [0.5, 0.6) is 5.75 Å². The molecule has 0 spiro atoms. The van der Waals surface area contributed by atoms with Crippen molar-refractivity contribution in [1.29, 1.82) is 0 Å². The molecule has 0 saturated carbocycles. The SMILES string of the molecule is CCc1cccc(-n2nnn(C)c2=O)c1COc1cc(Cl)ccc1Cl. The van der Waals surface area contributed by atoms with Crippen LogP contribution in [-0.2, 0) is 20.1 Å². The zero-order valence-electron chi connectivity index (χ0n) is 13.7. The fourth-order valence-electron chi connectivity index (χ4n) is 2.52. The van der Waals surface area contributed by atoms with Crippen molar-refractivity contribution in [2.24, 2.45) is 7.05 Å². The van der Waals surface area contributed by atoms with E-state index < -0.39 is 0 Å². The normalized spacial score (nSPS) is 10.9. The highest BCUT2D eigenvalue weighted by molar-refractivity contribution is 6.34. The number of hydrogen-bond donors (Lipinski definition) is 0. The largest absolute Gasteiger partial charge is 0.487 e. The van der Waals surface area contributed by atoms with E-state index in [2.05, 4.69) is 10.4 Å². The van der Waals surface area contributed by atoms with Crippen LogP contribution in [0.15, 0.2) is 41.2 Å². The Hall–Kier alpha value is -2.31. The Kier molecular flexibility index (Phi) is 5.11. The third kappa shape index (κ3) is 3.55. The average molecular weight is 379 g/mol. The molecule has 2 aromatic carbocycles. The van der Waals surface area contributed by atoms with Crippen molar-refractivity contribution >= 4 is 23.2 Å². The van der Waals surface area contributed by atoms with E-state index >= 15 is 0 Å². The lowest BCUT2D eigenvalue weighted by Crippen LogP contribution is -2.23. The van der Waals surface area contributed by atoms with Gasteiger partial charge in [0.1, 0.15) is 12.4 Å². The number of nitrogens with zero attached hydrogens (tertiary/aromatic N) is 4. The number of hydrogen-bond acceptors (Lipinski definition) is 4. The Labute approximate surface area is 154 Å². The van der Waals surface area contributed by atoms with Gasteiger partial charge in [0, 0.05) is 23.7 Å². The lowest BCUT2D eigenvalue weighted by Gasteiger charge is -2.15. The van der Waals surface area contributed by atoms with Gasteiger partial charge in [-0.15, -0.1) is 0 Å².